The van der Waals surface area contributed by atoms with Crippen LogP contribution in [0.1, 0.15) is 5.56 Å². The molecule has 2 aromatic carbocycles. The molecule has 0 unspecified atom stereocenters. The number of ether oxygens (including phenoxy) is 1. The first kappa shape index (κ1) is 19.3. The molecule has 1 saturated heterocycles. The van der Waals surface area contributed by atoms with Gasteiger partial charge in [0.05, 0.1) is 29.5 Å². The van der Waals surface area contributed by atoms with E-state index in [4.69, 9.17) is 39.5 Å². The third-order valence-electron chi connectivity index (χ3n) is 4.65. The van der Waals surface area contributed by atoms with Crippen molar-refractivity contribution >= 4 is 57.9 Å². The maximum absolute atomic E-state index is 13.4. The highest BCUT2D eigenvalue weighted by atomic mass is 35.5. The van der Waals surface area contributed by atoms with Crippen molar-refractivity contribution in [2.24, 2.45) is 0 Å². The van der Waals surface area contributed by atoms with Crippen LogP contribution in [0.5, 0.6) is 0 Å². The normalized spacial score (nSPS) is 17.7. The topological polar surface area (TPSA) is 49.9 Å². The summed E-state index contributed by atoms with van der Waals surface area (Å²) >= 11 is 18.5. The molecule has 4 rings (SSSR count). The molecular weight excluding hydrogens is 423 g/mol. The van der Waals surface area contributed by atoms with E-state index in [-0.39, 0.29) is 5.57 Å². The summed E-state index contributed by atoms with van der Waals surface area (Å²) in [5, 5.41) is 1.19. The summed E-state index contributed by atoms with van der Waals surface area (Å²) < 4.78 is 5.39. The van der Waals surface area contributed by atoms with E-state index in [1.807, 2.05) is 4.90 Å². The maximum atomic E-state index is 13.4. The lowest BCUT2D eigenvalue weighted by molar-refractivity contribution is -0.121. The summed E-state index contributed by atoms with van der Waals surface area (Å²) in [6, 6.07) is 11.5. The lowest BCUT2D eigenvalue weighted by Crippen LogP contribution is -2.40. The van der Waals surface area contributed by atoms with Crippen LogP contribution in [0.15, 0.2) is 48.2 Å². The van der Waals surface area contributed by atoms with Gasteiger partial charge in [-0.25, -0.2) is 4.90 Å². The fourth-order valence-electron chi connectivity index (χ4n) is 3.38. The molecule has 2 aromatic rings. The Kier molecular flexibility index (Phi) is 5.34. The Bertz CT molecular complexity index is 1000. The molecule has 2 heterocycles. The Hall–Kier alpha value is -2.05. The zero-order valence-electron chi connectivity index (χ0n) is 14.6. The van der Waals surface area contributed by atoms with E-state index in [0.717, 1.165) is 4.90 Å². The Labute approximate surface area is 177 Å². The van der Waals surface area contributed by atoms with Crippen LogP contribution >= 0.6 is 34.8 Å². The van der Waals surface area contributed by atoms with E-state index >= 15 is 0 Å². The SMILES string of the molecule is O=C1C(c2ccc(Cl)cc2Cl)=C(N2CCOCC2)C(=O)N1c1cccc(Cl)c1. The molecule has 5 nitrogen and oxygen atoms in total. The Morgan fingerprint density at radius 2 is 1.57 bits per heavy atom. The predicted molar refractivity (Wildman–Crippen MR) is 110 cm³/mol. The van der Waals surface area contributed by atoms with Gasteiger partial charge in [-0.2, -0.15) is 0 Å². The van der Waals surface area contributed by atoms with Crippen LogP contribution in [0.4, 0.5) is 5.69 Å². The van der Waals surface area contributed by atoms with Crippen molar-refractivity contribution in [2.45, 2.75) is 0 Å². The number of anilines is 1. The first-order valence-electron chi connectivity index (χ1n) is 8.64. The van der Waals surface area contributed by atoms with E-state index < -0.39 is 11.8 Å². The van der Waals surface area contributed by atoms with Crippen molar-refractivity contribution < 1.29 is 14.3 Å². The number of halogens is 3. The minimum absolute atomic E-state index is 0.258. The molecule has 8 heteroatoms. The highest BCUT2D eigenvalue weighted by Gasteiger charge is 2.43. The molecule has 2 amide bonds. The smallest absolute Gasteiger partial charge is 0.282 e. The highest BCUT2D eigenvalue weighted by molar-refractivity contribution is 6.47. The van der Waals surface area contributed by atoms with Crippen molar-refractivity contribution in [2.75, 3.05) is 31.2 Å². The summed E-state index contributed by atoms with van der Waals surface area (Å²) in [5.41, 5.74) is 1.45. The maximum Gasteiger partial charge on any atom is 0.282 e. The fourth-order valence-corrected chi connectivity index (χ4v) is 4.07. The summed E-state index contributed by atoms with van der Waals surface area (Å²) in [7, 11) is 0. The minimum Gasteiger partial charge on any atom is -0.378 e. The van der Waals surface area contributed by atoms with Crippen molar-refractivity contribution in [3.05, 3.63) is 68.8 Å². The second kappa shape index (κ2) is 7.76. The van der Waals surface area contributed by atoms with Crippen molar-refractivity contribution in [3.63, 3.8) is 0 Å². The number of benzene rings is 2. The average molecular weight is 438 g/mol. The zero-order chi connectivity index (χ0) is 19.8. The second-order valence-corrected chi connectivity index (χ2v) is 7.65. The van der Waals surface area contributed by atoms with Gasteiger partial charge >= 0.3 is 0 Å². The molecule has 0 aromatic heterocycles. The number of amides is 2. The molecule has 0 radical (unpaired) electrons. The van der Waals surface area contributed by atoms with Gasteiger partial charge in [-0.05, 0) is 30.3 Å². The first-order valence-corrected chi connectivity index (χ1v) is 9.77. The van der Waals surface area contributed by atoms with Gasteiger partial charge in [-0.3, -0.25) is 9.59 Å². The number of hydrogen-bond donors (Lipinski definition) is 0. The van der Waals surface area contributed by atoms with Crippen molar-refractivity contribution in [1.29, 1.82) is 0 Å². The molecule has 0 saturated carbocycles. The summed E-state index contributed by atoms with van der Waals surface area (Å²) in [6.45, 7) is 1.96. The molecule has 2 aliphatic rings. The van der Waals surface area contributed by atoms with Gasteiger partial charge in [-0.1, -0.05) is 46.9 Å². The molecule has 1 fully saturated rings. The number of imide groups is 1. The third kappa shape index (κ3) is 3.40. The Morgan fingerprint density at radius 1 is 0.857 bits per heavy atom. The third-order valence-corrected chi connectivity index (χ3v) is 5.44. The van der Waals surface area contributed by atoms with Gasteiger partial charge < -0.3 is 9.64 Å². The highest BCUT2D eigenvalue weighted by Crippen LogP contribution is 2.38. The first-order chi connectivity index (χ1) is 13.5. The number of nitrogens with zero attached hydrogens (tertiary/aromatic N) is 2. The van der Waals surface area contributed by atoms with Gasteiger partial charge in [0.15, 0.2) is 0 Å². The van der Waals surface area contributed by atoms with Crippen LogP contribution in [0.2, 0.25) is 15.1 Å². The van der Waals surface area contributed by atoms with E-state index in [9.17, 15) is 9.59 Å². The van der Waals surface area contributed by atoms with Crippen LogP contribution < -0.4 is 4.90 Å². The molecule has 0 N–H and O–H groups in total. The number of carbonyl (C=O) groups is 2. The van der Waals surface area contributed by atoms with Gasteiger partial charge in [0.2, 0.25) is 0 Å². The van der Waals surface area contributed by atoms with E-state index in [0.29, 0.717) is 58.3 Å². The number of rotatable bonds is 3. The average Bonchev–Trinajstić information content (AvgIpc) is 2.93. The largest absolute Gasteiger partial charge is 0.378 e. The van der Waals surface area contributed by atoms with Gasteiger partial charge in [0.1, 0.15) is 5.70 Å². The Balaban J connectivity index is 1.87. The van der Waals surface area contributed by atoms with E-state index in [1.54, 1.807) is 42.5 Å². The molecule has 28 heavy (non-hydrogen) atoms. The van der Waals surface area contributed by atoms with E-state index in [2.05, 4.69) is 0 Å². The molecular formula is C20H15Cl3N2O3. The van der Waals surface area contributed by atoms with Gasteiger partial charge in [0.25, 0.3) is 11.8 Å². The quantitative estimate of drug-likeness (QED) is 0.673. The number of morpholine rings is 1. The van der Waals surface area contributed by atoms with Crippen molar-refractivity contribution in [1.82, 2.24) is 4.90 Å². The van der Waals surface area contributed by atoms with Crippen LogP contribution in [0.25, 0.3) is 5.57 Å². The van der Waals surface area contributed by atoms with E-state index in [1.165, 1.54) is 0 Å². The standard InChI is InChI=1S/C20H15Cl3N2O3/c21-12-2-1-3-14(10-12)25-19(26)17(15-5-4-13(22)11-16(15)23)18(20(25)27)24-6-8-28-9-7-24/h1-5,10-11H,6-9H2. The lowest BCUT2D eigenvalue weighted by Gasteiger charge is -2.29. The van der Waals surface area contributed by atoms with Gasteiger partial charge in [-0.15, -0.1) is 0 Å². The molecule has 0 bridgehead atoms. The predicted octanol–water partition coefficient (Wildman–Crippen LogP) is 4.26. The Morgan fingerprint density at radius 3 is 2.25 bits per heavy atom. The second-order valence-electron chi connectivity index (χ2n) is 6.37. The number of hydrogen-bond acceptors (Lipinski definition) is 4. The molecule has 144 valence electrons. The van der Waals surface area contributed by atoms with Crippen molar-refractivity contribution in [3.8, 4) is 0 Å². The minimum atomic E-state index is -0.446. The van der Waals surface area contributed by atoms with Crippen LogP contribution in [-0.4, -0.2) is 43.0 Å². The van der Waals surface area contributed by atoms with Crippen LogP contribution in [0.3, 0.4) is 0 Å². The summed E-state index contributed by atoms with van der Waals surface area (Å²) in [4.78, 5) is 29.7. The molecule has 2 aliphatic heterocycles. The number of carbonyl (C=O) groups excluding carboxylic acids is 2. The molecule has 0 spiro atoms. The lowest BCUT2D eigenvalue weighted by atomic mass is 10.0. The monoisotopic (exact) mass is 436 g/mol. The molecule has 0 atom stereocenters. The fraction of sp³-hybridized carbons (Fsp3) is 0.200. The van der Waals surface area contributed by atoms with Crippen LogP contribution in [0, 0.1) is 0 Å². The summed E-state index contributed by atoms with van der Waals surface area (Å²) in [6.07, 6.45) is 0. The summed E-state index contributed by atoms with van der Waals surface area (Å²) in [5.74, 6) is -0.854. The van der Waals surface area contributed by atoms with Crippen LogP contribution in [-0.2, 0) is 14.3 Å². The molecule has 0 aliphatic carbocycles. The zero-order valence-corrected chi connectivity index (χ0v) is 16.9. The van der Waals surface area contributed by atoms with Gasteiger partial charge in [0, 0.05) is 28.7 Å².